The van der Waals surface area contributed by atoms with Gasteiger partial charge < -0.3 is 9.67 Å². The quantitative estimate of drug-likeness (QED) is 0.611. The fourth-order valence-electron chi connectivity index (χ4n) is 1.19. The van der Waals surface area contributed by atoms with Gasteiger partial charge in [0.15, 0.2) is 0 Å². The van der Waals surface area contributed by atoms with Crippen molar-refractivity contribution in [2.24, 2.45) is 7.05 Å². The van der Waals surface area contributed by atoms with E-state index < -0.39 is 0 Å². The van der Waals surface area contributed by atoms with Crippen molar-refractivity contribution in [3.63, 3.8) is 0 Å². The number of rotatable bonds is 0. The Kier molecular flexibility index (Phi) is 1.12. The van der Waals surface area contributed by atoms with Gasteiger partial charge in [-0.15, -0.1) is 0 Å². The Labute approximate surface area is 63.9 Å². The minimum Gasteiger partial charge on any atom is -0.506 e. The highest BCUT2D eigenvalue weighted by Gasteiger charge is 2.03. The Hall–Kier alpha value is -1.51. The van der Waals surface area contributed by atoms with Crippen LogP contribution in [0.25, 0.3) is 11.0 Å². The lowest BCUT2D eigenvalue weighted by atomic mass is 10.3. The first kappa shape index (κ1) is 6.22. The Morgan fingerprint density at radius 2 is 2.36 bits per heavy atom. The molecule has 2 aromatic heterocycles. The third kappa shape index (κ3) is 0.774. The van der Waals surface area contributed by atoms with E-state index in [-0.39, 0.29) is 5.75 Å². The van der Waals surface area contributed by atoms with Gasteiger partial charge in [0.2, 0.25) is 0 Å². The molecule has 0 aliphatic carbocycles. The summed E-state index contributed by atoms with van der Waals surface area (Å²) in [5.74, 6) is 0.288. The van der Waals surface area contributed by atoms with Gasteiger partial charge >= 0.3 is 0 Å². The number of fused-ring (bicyclic) bond motifs is 1. The maximum Gasteiger partial charge on any atom is 0.143 e. The molecule has 1 N–H and O–H groups in total. The van der Waals surface area contributed by atoms with Gasteiger partial charge in [-0.1, -0.05) is 0 Å². The summed E-state index contributed by atoms with van der Waals surface area (Å²) in [6, 6.07) is 3.65. The van der Waals surface area contributed by atoms with Crippen molar-refractivity contribution in [1.82, 2.24) is 9.55 Å². The number of nitrogens with zero attached hydrogens (tertiary/aromatic N) is 2. The third-order valence-corrected chi connectivity index (χ3v) is 1.71. The number of aromatic hydroxyl groups is 1. The molecule has 0 amide bonds. The molecule has 2 aromatic rings. The van der Waals surface area contributed by atoms with E-state index in [0.717, 1.165) is 11.0 Å². The lowest BCUT2D eigenvalue weighted by Crippen LogP contribution is -1.85. The van der Waals surface area contributed by atoms with E-state index in [0.29, 0.717) is 0 Å². The standard InChI is InChI=1S/C8H8N2O/c1-10-5-7(11)6-3-2-4-9-8(6)10/h2-5,11H,1H3. The summed E-state index contributed by atoms with van der Waals surface area (Å²) >= 11 is 0. The second-order valence-corrected chi connectivity index (χ2v) is 2.50. The lowest BCUT2D eigenvalue weighted by Gasteiger charge is -1.90. The molecule has 0 fully saturated rings. The highest BCUT2D eigenvalue weighted by atomic mass is 16.3. The normalized spacial score (nSPS) is 10.6. The molecule has 11 heavy (non-hydrogen) atoms. The van der Waals surface area contributed by atoms with E-state index in [2.05, 4.69) is 4.98 Å². The second-order valence-electron chi connectivity index (χ2n) is 2.50. The van der Waals surface area contributed by atoms with Crippen molar-refractivity contribution in [3.05, 3.63) is 24.5 Å². The molecular formula is C8H8N2O. The Morgan fingerprint density at radius 3 is 3.09 bits per heavy atom. The fourth-order valence-corrected chi connectivity index (χ4v) is 1.19. The van der Waals surface area contributed by atoms with Gasteiger partial charge in [-0.05, 0) is 12.1 Å². The molecule has 3 heteroatoms. The van der Waals surface area contributed by atoms with Crippen molar-refractivity contribution in [3.8, 4) is 5.75 Å². The molecule has 0 saturated heterocycles. The molecule has 2 heterocycles. The molecule has 0 atom stereocenters. The number of aryl methyl sites for hydroxylation is 1. The molecule has 0 saturated carbocycles. The Balaban J connectivity index is 2.95. The summed E-state index contributed by atoms with van der Waals surface area (Å²) in [5, 5.41) is 10.1. The summed E-state index contributed by atoms with van der Waals surface area (Å²) in [6.07, 6.45) is 3.36. The van der Waals surface area contributed by atoms with Gasteiger partial charge in [-0.3, -0.25) is 0 Å². The molecule has 0 aliphatic heterocycles. The molecular weight excluding hydrogens is 140 g/mol. The molecule has 0 aliphatic rings. The van der Waals surface area contributed by atoms with E-state index in [1.807, 2.05) is 19.2 Å². The highest BCUT2D eigenvalue weighted by molar-refractivity contribution is 5.82. The number of pyridine rings is 1. The van der Waals surface area contributed by atoms with Crippen LogP contribution in [0.5, 0.6) is 5.75 Å². The SMILES string of the molecule is Cn1cc(O)c2cccnc21. The molecule has 3 nitrogen and oxygen atoms in total. The topological polar surface area (TPSA) is 38.0 Å². The van der Waals surface area contributed by atoms with Crippen LogP contribution in [0.2, 0.25) is 0 Å². The first-order valence-corrected chi connectivity index (χ1v) is 3.38. The van der Waals surface area contributed by atoms with E-state index >= 15 is 0 Å². The van der Waals surface area contributed by atoms with E-state index in [1.165, 1.54) is 0 Å². The average Bonchev–Trinajstić information content (AvgIpc) is 2.30. The van der Waals surface area contributed by atoms with Gasteiger partial charge in [0, 0.05) is 19.4 Å². The third-order valence-electron chi connectivity index (χ3n) is 1.71. The zero-order chi connectivity index (χ0) is 7.84. The summed E-state index contributed by atoms with van der Waals surface area (Å²) in [5.41, 5.74) is 0.810. The van der Waals surface area contributed by atoms with E-state index in [1.54, 1.807) is 17.0 Å². The van der Waals surface area contributed by atoms with Gasteiger partial charge in [-0.2, -0.15) is 0 Å². The van der Waals surface area contributed by atoms with E-state index in [9.17, 15) is 5.11 Å². The summed E-state index contributed by atoms with van der Waals surface area (Å²) < 4.78 is 1.80. The zero-order valence-corrected chi connectivity index (χ0v) is 6.15. The lowest BCUT2D eigenvalue weighted by molar-refractivity contribution is 0.479. The monoisotopic (exact) mass is 148 g/mol. The fraction of sp³-hybridized carbons (Fsp3) is 0.125. The maximum absolute atomic E-state index is 9.33. The maximum atomic E-state index is 9.33. The van der Waals surface area contributed by atoms with E-state index in [4.69, 9.17) is 0 Å². The summed E-state index contributed by atoms with van der Waals surface area (Å²) in [6.45, 7) is 0. The first-order valence-electron chi connectivity index (χ1n) is 3.38. The summed E-state index contributed by atoms with van der Waals surface area (Å²) in [7, 11) is 1.86. The van der Waals surface area contributed by atoms with Crippen molar-refractivity contribution in [1.29, 1.82) is 0 Å². The van der Waals surface area contributed by atoms with Gasteiger partial charge in [-0.25, -0.2) is 4.98 Å². The molecule has 56 valence electrons. The van der Waals surface area contributed by atoms with Crippen LogP contribution in [0.3, 0.4) is 0 Å². The van der Waals surface area contributed by atoms with Crippen LogP contribution < -0.4 is 0 Å². The van der Waals surface area contributed by atoms with Gasteiger partial charge in [0.05, 0.1) is 5.39 Å². The Morgan fingerprint density at radius 1 is 1.55 bits per heavy atom. The van der Waals surface area contributed by atoms with Crippen molar-refractivity contribution in [2.45, 2.75) is 0 Å². The van der Waals surface area contributed by atoms with Crippen molar-refractivity contribution in [2.75, 3.05) is 0 Å². The minimum absolute atomic E-state index is 0.288. The number of aromatic nitrogens is 2. The number of hydrogen-bond acceptors (Lipinski definition) is 2. The first-order chi connectivity index (χ1) is 5.29. The van der Waals surface area contributed by atoms with Gasteiger partial charge in [0.1, 0.15) is 11.4 Å². The highest BCUT2D eigenvalue weighted by Crippen LogP contribution is 2.23. The predicted octanol–water partition coefficient (Wildman–Crippen LogP) is 1.28. The van der Waals surface area contributed by atoms with Gasteiger partial charge in [0.25, 0.3) is 0 Å². The van der Waals surface area contributed by atoms with Crippen LogP contribution in [0, 0.1) is 0 Å². The smallest absolute Gasteiger partial charge is 0.143 e. The van der Waals surface area contributed by atoms with Crippen molar-refractivity contribution < 1.29 is 5.11 Å². The number of hydrogen-bond donors (Lipinski definition) is 1. The molecule has 0 unspecified atom stereocenters. The Bertz CT molecular complexity index is 356. The second kappa shape index (κ2) is 1.99. The van der Waals surface area contributed by atoms with Crippen LogP contribution in [-0.2, 0) is 7.05 Å². The predicted molar refractivity (Wildman–Crippen MR) is 42.4 cm³/mol. The van der Waals surface area contributed by atoms with Crippen LogP contribution in [0.4, 0.5) is 0 Å². The van der Waals surface area contributed by atoms with Crippen LogP contribution >= 0.6 is 0 Å². The zero-order valence-electron chi connectivity index (χ0n) is 6.15. The molecule has 0 spiro atoms. The van der Waals surface area contributed by atoms with Crippen LogP contribution in [-0.4, -0.2) is 14.7 Å². The van der Waals surface area contributed by atoms with Crippen LogP contribution in [0.15, 0.2) is 24.5 Å². The van der Waals surface area contributed by atoms with Crippen molar-refractivity contribution >= 4 is 11.0 Å². The largest absolute Gasteiger partial charge is 0.506 e. The van der Waals surface area contributed by atoms with Crippen LogP contribution in [0.1, 0.15) is 0 Å². The molecule has 2 rings (SSSR count). The molecule has 0 radical (unpaired) electrons. The minimum atomic E-state index is 0.288. The molecule has 0 aromatic carbocycles. The molecule has 0 bridgehead atoms. The summed E-state index contributed by atoms with van der Waals surface area (Å²) in [4.78, 5) is 4.10. The average molecular weight is 148 g/mol.